The maximum Gasteiger partial charge on any atom is 0.335 e. The van der Waals surface area contributed by atoms with Crippen LogP contribution in [-0.2, 0) is 0 Å². The van der Waals surface area contributed by atoms with Crippen molar-refractivity contribution in [3.05, 3.63) is 29.6 Å². The molecule has 1 heterocycles. The number of hydrogen-bond donors (Lipinski definition) is 2. The molecule has 1 atom stereocenters. The normalized spacial score (nSPS) is 20.2. The van der Waals surface area contributed by atoms with Gasteiger partial charge in [0.05, 0.1) is 11.3 Å². The number of carboxylic acids is 1. The average molecular weight is 266 g/mol. The van der Waals surface area contributed by atoms with Gasteiger partial charge >= 0.3 is 5.97 Å². The van der Waals surface area contributed by atoms with Crippen LogP contribution < -0.4 is 5.32 Å². The Labute approximate surface area is 112 Å². The van der Waals surface area contributed by atoms with E-state index in [9.17, 15) is 9.18 Å². The molecule has 0 bridgehead atoms. The molecule has 0 aromatic heterocycles. The van der Waals surface area contributed by atoms with E-state index >= 15 is 0 Å². The van der Waals surface area contributed by atoms with Gasteiger partial charge < -0.3 is 15.3 Å². The molecule has 2 N–H and O–H groups in total. The molecule has 1 aromatic rings. The van der Waals surface area contributed by atoms with E-state index < -0.39 is 11.8 Å². The Kier molecular flexibility index (Phi) is 4.37. The first-order valence-electron chi connectivity index (χ1n) is 6.62. The summed E-state index contributed by atoms with van der Waals surface area (Å²) in [6.45, 7) is 5.11. The molecular weight excluding hydrogens is 247 g/mol. The molecule has 0 saturated carbocycles. The van der Waals surface area contributed by atoms with Crippen molar-refractivity contribution in [2.75, 3.05) is 25.0 Å². The number of halogens is 1. The Morgan fingerprint density at radius 1 is 1.58 bits per heavy atom. The minimum atomic E-state index is -1.11. The molecule has 1 fully saturated rings. The van der Waals surface area contributed by atoms with Gasteiger partial charge in [-0.3, -0.25) is 0 Å². The van der Waals surface area contributed by atoms with E-state index in [1.165, 1.54) is 12.1 Å². The summed E-state index contributed by atoms with van der Waals surface area (Å²) in [5.74, 6) is -1.62. The van der Waals surface area contributed by atoms with Crippen LogP contribution in [0.1, 0.15) is 30.1 Å². The highest BCUT2D eigenvalue weighted by atomic mass is 19.1. The van der Waals surface area contributed by atoms with Gasteiger partial charge in [-0.1, -0.05) is 6.92 Å². The smallest absolute Gasteiger partial charge is 0.335 e. The van der Waals surface area contributed by atoms with Crippen molar-refractivity contribution in [2.24, 2.45) is 0 Å². The van der Waals surface area contributed by atoms with E-state index in [-0.39, 0.29) is 11.6 Å². The second kappa shape index (κ2) is 6.02. The highest BCUT2D eigenvalue weighted by Crippen LogP contribution is 2.20. The maximum absolute atomic E-state index is 13.8. The van der Waals surface area contributed by atoms with Gasteiger partial charge in [0.15, 0.2) is 0 Å². The Morgan fingerprint density at radius 3 is 3.00 bits per heavy atom. The van der Waals surface area contributed by atoms with Crippen LogP contribution in [0.15, 0.2) is 18.2 Å². The van der Waals surface area contributed by atoms with Crippen molar-refractivity contribution in [1.29, 1.82) is 0 Å². The van der Waals surface area contributed by atoms with Gasteiger partial charge in [0.1, 0.15) is 5.82 Å². The first kappa shape index (κ1) is 13.8. The Morgan fingerprint density at radius 2 is 2.37 bits per heavy atom. The third-order valence-corrected chi connectivity index (χ3v) is 3.53. The molecular formula is C14H19FN2O2. The van der Waals surface area contributed by atoms with Crippen molar-refractivity contribution < 1.29 is 14.3 Å². The van der Waals surface area contributed by atoms with Gasteiger partial charge in [0.2, 0.25) is 0 Å². The summed E-state index contributed by atoms with van der Waals surface area (Å²) in [5, 5.41) is 12.0. The zero-order chi connectivity index (χ0) is 13.8. The predicted molar refractivity (Wildman–Crippen MR) is 72.1 cm³/mol. The molecule has 2 rings (SSSR count). The van der Waals surface area contributed by atoms with Gasteiger partial charge in [-0.15, -0.1) is 0 Å². The van der Waals surface area contributed by atoms with Crippen molar-refractivity contribution in [1.82, 2.24) is 4.90 Å². The van der Waals surface area contributed by atoms with Crippen LogP contribution in [0.3, 0.4) is 0 Å². The number of rotatable bonds is 4. The summed E-state index contributed by atoms with van der Waals surface area (Å²) in [5.41, 5.74) is 0.356. The number of carbonyl (C=O) groups is 1. The van der Waals surface area contributed by atoms with E-state index in [0.29, 0.717) is 5.69 Å². The monoisotopic (exact) mass is 266 g/mol. The maximum atomic E-state index is 13.8. The van der Waals surface area contributed by atoms with Crippen LogP contribution in [0.2, 0.25) is 0 Å². The molecule has 0 amide bonds. The third kappa shape index (κ3) is 3.44. The molecule has 0 aliphatic carbocycles. The lowest BCUT2D eigenvalue weighted by Gasteiger charge is -2.32. The van der Waals surface area contributed by atoms with E-state index in [1.54, 1.807) is 0 Å². The van der Waals surface area contributed by atoms with E-state index in [1.807, 2.05) is 0 Å². The molecule has 5 heteroatoms. The zero-order valence-corrected chi connectivity index (χ0v) is 11.0. The van der Waals surface area contributed by atoms with Crippen molar-refractivity contribution >= 4 is 11.7 Å². The molecule has 19 heavy (non-hydrogen) atoms. The number of hydrogen-bond acceptors (Lipinski definition) is 3. The first-order valence-corrected chi connectivity index (χ1v) is 6.62. The highest BCUT2D eigenvalue weighted by molar-refractivity contribution is 5.88. The van der Waals surface area contributed by atoms with Gasteiger partial charge in [-0.05, 0) is 44.1 Å². The summed E-state index contributed by atoms with van der Waals surface area (Å²) < 4.78 is 13.8. The number of piperidine rings is 1. The second-order valence-corrected chi connectivity index (χ2v) is 4.88. The van der Waals surface area contributed by atoms with E-state index in [0.717, 1.165) is 38.5 Å². The fourth-order valence-corrected chi connectivity index (χ4v) is 2.45. The molecule has 1 aromatic carbocycles. The Bertz CT molecular complexity index is 465. The average Bonchev–Trinajstić information content (AvgIpc) is 2.41. The van der Waals surface area contributed by atoms with Crippen molar-refractivity contribution in [3.8, 4) is 0 Å². The third-order valence-electron chi connectivity index (χ3n) is 3.53. The second-order valence-electron chi connectivity index (χ2n) is 4.88. The minimum Gasteiger partial charge on any atom is -0.478 e. The summed E-state index contributed by atoms with van der Waals surface area (Å²) >= 11 is 0. The molecule has 1 aliphatic heterocycles. The van der Waals surface area contributed by atoms with Crippen LogP contribution in [0.4, 0.5) is 10.1 Å². The van der Waals surface area contributed by atoms with Crippen molar-refractivity contribution in [3.63, 3.8) is 0 Å². The SMILES string of the molecule is CCN1CCCC(Nc2ccc(C(=O)O)cc2F)C1. The Balaban J connectivity index is 2.04. The molecule has 1 saturated heterocycles. The zero-order valence-electron chi connectivity index (χ0n) is 11.0. The summed E-state index contributed by atoms with van der Waals surface area (Å²) in [6, 6.07) is 4.21. The molecule has 0 spiro atoms. The Hall–Kier alpha value is -1.62. The molecule has 1 aliphatic rings. The molecule has 1 unspecified atom stereocenters. The lowest BCUT2D eigenvalue weighted by molar-refractivity contribution is 0.0696. The molecule has 104 valence electrons. The highest BCUT2D eigenvalue weighted by Gasteiger charge is 2.19. The minimum absolute atomic E-state index is 0.0260. The van der Waals surface area contributed by atoms with Gasteiger partial charge in [-0.25, -0.2) is 9.18 Å². The number of benzene rings is 1. The number of aromatic carboxylic acids is 1. The summed E-state index contributed by atoms with van der Waals surface area (Å²) in [7, 11) is 0. The summed E-state index contributed by atoms with van der Waals surface area (Å²) in [6.07, 6.45) is 2.11. The fourth-order valence-electron chi connectivity index (χ4n) is 2.45. The number of likely N-dealkylation sites (tertiary alicyclic amines) is 1. The molecule has 4 nitrogen and oxygen atoms in total. The lowest BCUT2D eigenvalue weighted by atomic mass is 10.1. The fraction of sp³-hybridized carbons (Fsp3) is 0.500. The van der Waals surface area contributed by atoms with E-state index in [2.05, 4.69) is 17.1 Å². The largest absolute Gasteiger partial charge is 0.478 e. The summed E-state index contributed by atoms with van der Waals surface area (Å²) in [4.78, 5) is 13.1. The lowest BCUT2D eigenvalue weighted by Crippen LogP contribution is -2.41. The first-order chi connectivity index (χ1) is 9.10. The van der Waals surface area contributed by atoms with Crippen LogP contribution >= 0.6 is 0 Å². The molecule has 0 radical (unpaired) electrons. The standard InChI is InChI=1S/C14H19FN2O2/c1-2-17-7-3-4-11(9-17)16-13-6-5-10(14(18)19)8-12(13)15/h5-6,8,11,16H,2-4,7,9H2,1H3,(H,18,19). The number of carboxylic acid groups (broad SMARTS) is 1. The topological polar surface area (TPSA) is 52.6 Å². The van der Waals surface area contributed by atoms with Crippen LogP contribution in [0.25, 0.3) is 0 Å². The quantitative estimate of drug-likeness (QED) is 0.878. The predicted octanol–water partition coefficient (Wildman–Crippen LogP) is 2.42. The number of likely N-dealkylation sites (N-methyl/N-ethyl adjacent to an activating group) is 1. The van der Waals surface area contributed by atoms with Gasteiger partial charge in [0, 0.05) is 12.6 Å². The van der Waals surface area contributed by atoms with Gasteiger partial charge in [-0.2, -0.15) is 0 Å². The number of anilines is 1. The van der Waals surface area contributed by atoms with Crippen LogP contribution in [-0.4, -0.2) is 41.7 Å². The number of nitrogens with zero attached hydrogens (tertiary/aromatic N) is 1. The number of nitrogens with one attached hydrogen (secondary N) is 1. The van der Waals surface area contributed by atoms with Crippen molar-refractivity contribution in [2.45, 2.75) is 25.8 Å². The van der Waals surface area contributed by atoms with Crippen LogP contribution in [0, 0.1) is 5.82 Å². The van der Waals surface area contributed by atoms with E-state index in [4.69, 9.17) is 5.11 Å². The van der Waals surface area contributed by atoms with Gasteiger partial charge in [0.25, 0.3) is 0 Å². The van der Waals surface area contributed by atoms with Crippen LogP contribution in [0.5, 0.6) is 0 Å².